The van der Waals surface area contributed by atoms with Gasteiger partial charge in [-0.25, -0.2) is 12.8 Å². The monoisotopic (exact) mass is 376 g/mol. The summed E-state index contributed by atoms with van der Waals surface area (Å²) in [6.07, 6.45) is 1.21. The van der Waals surface area contributed by atoms with Gasteiger partial charge in [-0.15, -0.1) is 0 Å². The van der Waals surface area contributed by atoms with E-state index in [4.69, 9.17) is 0 Å². The van der Waals surface area contributed by atoms with Crippen LogP contribution in [-0.4, -0.2) is 26.6 Å². The molecule has 0 spiro atoms. The fourth-order valence-electron chi connectivity index (χ4n) is 3.14. The summed E-state index contributed by atoms with van der Waals surface area (Å²) in [4.78, 5) is 12.6. The largest absolute Gasteiger partial charge is 0.326 e. The molecule has 2 aromatic carbocycles. The molecule has 2 aromatic rings. The minimum atomic E-state index is -3.22. The molecule has 26 heavy (non-hydrogen) atoms. The van der Waals surface area contributed by atoms with Crippen molar-refractivity contribution in [2.45, 2.75) is 25.7 Å². The summed E-state index contributed by atoms with van der Waals surface area (Å²) in [5.74, 6) is -0.729. The molecule has 1 N–H and O–H groups in total. The highest BCUT2D eigenvalue weighted by Crippen LogP contribution is 2.26. The van der Waals surface area contributed by atoms with Crippen molar-refractivity contribution in [1.29, 1.82) is 0 Å². The number of carbonyl (C=O) groups is 1. The van der Waals surface area contributed by atoms with E-state index >= 15 is 0 Å². The van der Waals surface area contributed by atoms with Gasteiger partial charge in [-0.1, -0.05) is 19.1 Å². The highest BCUT2D eigenvalue weighted by atomic mass is 32.2. The lowest BCUT2D eigenvalue weighted by Crippen LogP contribution is -2.25. The minimum absolute atomic E-state index is 0.168. The van der Waals surface area contributed by atoms with Crippen molar-refractivity contribution in [3.8, 4) is 0 Å². The van der Waals surface area contributed by atoms with Crippen molar-refractivity contribution in [2.75, 3.05) is 21.9 Å². The lowest BCUT2D eigenvalue weighted by atomic mass is 9.95. The average Bonchev–Trinajstić information content (AvgIpc) is 2.97. The Bertz CT molecular complexity index is 880. The molecule has 1 fully saturated rings. The van der Waals surface area contributed by atoms with Crippen LogP contribution in [0.2, 0.25) is 0 Å². The molecule has 7 heteroatoms. The van der Waals surface area contributed by atoms with E-state index in [1.54, 1.807) is 36.4 Å². The number of nitrogens with one attached hydrogen (secondary N) is 1. The molecule has 1 heterocycles. The number of sulfonamides is 1. The zero-order chi connectivity index (χ0) is 18.7. The molecule has 1 atom stereocenters. The molecular weight excluding hydrogens is 355 g/mol. The van der Waals surface area contributed by atoms with Gasteiger partial charge in [0.2, 0.25) is 15.9 Å². The van der Waals surface area contributed by atoms with Gasteiger partial charge in [0.1, 0.15) is 5.82 Å². The van der Waals surface area contributed by atoms with Crippen LogP contribution in [0, 0.1) is 5.82 Å². The summed E-state index contributed by atoms with van der Waals surface area (Å²) >= 11 is 0. The van der Waals surface area contributed by atoms with Crippen molar-refractivity contribution in [3.63, 3.8) is 0 Å². The highest BCUT2D eigenvalue weighted by Gasteiger charge is 2.28. The number of amides is 1. The van der Waals surface area contributed by atoms with Gasteiger partial charge in [-0.3, -0.25) is 9.10 Å². The third kappa shape index (κ3) is 3.88. The highest BCUT2D eigenvalue weighted by molar-refractivity contribution is 7.93. The van der Waals surface area contributed by atoms with Crippen LogP contribution in [0.5, 0.6) is 0 Å². The first kappa shape index (κ1) is 18.4. The fraction of sp³-hybridized carbons (Fsp3) is 0.316. The van der Waals surface area contributed by atoms with Crippen LogP contribution in [0.25, 0.3) is 0 Å². The molecule has 3 rings (SSSR count). The van der Waals surface area contributed by atoms with Crippen LogP contribution in [0.4, 0.5) is 15.8 Å². The number of benzene rings is 2. The smallest absolute Gasteiger partial charge is 0.235 e. The molecule has 0 aliphatic carbocycles. The number of hydrogen-bond donors (Lipinski definition) is 1. The zero-order valence-corrected chi connectivity index (χ0v) is 15.3. The lowest BCUT2D eigenvalue weighted by molar-refractivity contribution is -0.117. The number of rotatable bonds is 5. The first-order valence-corrected chi connectivity index (χ1v) is 10.2. The Morgan fingerprint density at radius 3 is 2.35 bits per heavy atom. The Hall–Kier alpha value is -2.41. The maximum atomic E-state index is 13.1. The quantitative estimate of drug-likeness (QED) is 0.869. The van der Waals surface area contributed by atoms with Crippen molar-refractivity contribution < 1.29 is 17.6 Å². The van der Waals surface area contributed by atoms with E-state index in [1.807, 2.05) is 6.92 Å². The first-order valence-electron chi connectivity index (χ1n) is 8.57. The fourth-order valence-corrected chi connectivity index (χ4v) is 4.70. The number of hydrogen-bond acceptors (Lipinski definition) is 3. The summed E-state index contributed by atoms with van der Waals surface area (Å²) in [7, 11) is -3.22. The Morgan fingerprint density at radius 1 is 1.15 bits per heavy atom. The maximum Gasteiger partial charge on any atom is 0.235 e. The molecule has 138 valence electrons. The third-order valence-corrected chi connectivity index (χ3v) is 6.39. The van der Waals surface area contributed by atoms with Crippen molar-refractivity contribution in [2.24, 2.45) is 0 Å². The second-order valence-electron chi connectivity index (χ2n) is 6.29. The molecule has 1 amide bonds. The van der Waals surface area contributed by atoms with E-state index < -0.39 is 10.0 Å². The third-order valence-electron chi connectivity index (χ3n) is 4.52. The van der Waals surface area contributed by atoms with Gasteiger partial charge < -0.3 is 5.32 Å². The van der Waals surface area contributed by atoms with Crippen LogP contribution in [0.3, 0.4) is 0 Å². The molecule has 1 unspecified atom stereocenters. The Morgan fingerprint density at radius 2 is 1.81 bits per heavy atom. The van der Waals surface area contributed by atoms with Gasteiger partial charge in [0, 0.05) is 12.2 Å². The minimum Gasteiger partial charge on any atom is -0.326 e. The second kappa shape index (κ2) is 7.45. The van der Waals surface area contributed by atoms with E-state index in [2.05, 4.69) is 5.32 Å². The van der Waals surface area contributed by atoms with E-state index in [-0.39, 0.29) is 23.4 Å². The molecule has 0 aromatic heterocycles. The lowest BCUT2D eigenvalue weighted by Gasteiger charge is -2.18. The van der Waals surface area contributed by atoms with Gasteiger partial charge in [-0.2, -0.15) is 0 Å². The SMILES string of the molecule is CCC(C(=O)Nc1ccc(N2CCCS2(=O)=O)cc1)c1ccc(F)cc1. The van der Waals surface area contributed by atoms with Crippen molar-refractivity contribution in [3.05, 3.63) is 59.9 Å². The van der Waals surface area contributed by atoms with Gasteiger partial charge in [0.15, 0.2) is 0 Å². The summed E-state index contributed by atoms with van der Waals surface area (Å²) in [5, 5.41) is 2.84. The van der Waals surface area contributed by atoms with Crippen molar-refractivity contribution >= 4 is 27.3 Å². The summed E-state index contributed by atoms with van der Waals surface area (Å²) in [5.41, 5.74) is 1.95. The normalized spacial score (nSPS) is 17.1. The summed E-state index contributed by atoms with van der Waals surface area (Å²) < 4.78 is 38.4. The van der Waals surface area contributed by atoms with Gasteiger partial charge in [0.05, 0.1) is 17.4 Å². The maximum absolute atomic E-state index is 13.1. The van der Waals surface area contributed by atoms with Gasteiger partial charge in [0.25, 0.3) is 0 Å². The molecule has 0 radical (unpaired) electrons. The number of halogens is 1. The summed E-state index contributed by atoms with van der Waals surface area (Å²) in [6, 6.07) is 12.7. The second-order valence-corrected chi connectivity index (χ2v) is 8.30. The molecule has 0 bridgehead atoms. The van der Waals surface area contributed by atoms with Crippen LogP contribution in [0.1, 0.15) is 31.2 Å². The molecule has 0 saturated carbocycles. The summed E-state index contributed by atoms with van der Waals surface area (Å²) in [6.45, 7) is 2.38. The van der Waals surface area contributed by atoms with Crippen LogP contribution < -0.4 is 9.62 Å². The molecular formula is C19H21FN2O3S. The predicted octanol–water partition coefficient (Wildman–Crippen LogP) is 3.50. The molecule has 1 aliphatic heterocycles. The molecule has 5 nitrogen and oxygen atoms in total. The predicted molar refractivity (Wildman–Crippen MR) is 100 cm³/mol. The number of anilines is 2. The van der Waals surface area contributed by atoms with E-state index in [0.29, 0.717) is 30.8 Å². The Kier molecular flexibility index (Phi) is 5.27. The average molecular weight is 376 g/mol. The Balaban J connectivity index is 1.72. The zero-order valence-electron chi connectivity index (χ0n) is 14.5. The van der Waals surface area contributed by atoms with E-state index in [9.17, 15) is 17.6 Å². The standard InChI is InChI=1S/C19H21FN2O3S/c1-2-18(14-4-6-15(20)7-5-14)19(23)21-16-8-10-17(11-9-16)22-12-3-13-26(22,24)25/h4-11,18H,2-3,12-13H2,1H3,(H,21,23). The molecule has 1 saturated heterocycles. The Labute approximate surface area is 152 Å². The number of nitrogens with zero attached hydrogens (tertiary/aromatic N) is 1. The van der Waals surface area contributed by atoms with Crippen molar-refractivity contribution in [1.82, 2.24) is 0 Å². The van der Waals surface area contributed by atoms with E-state index in [1.165, 1.54) is 16.4 Å². The van der Waals surface area contributed by atoms with E-state index in [0.717, 1.165) is 5.56 Å². The van der Waals surface area contributed by atoms with Crippen LogP contribution in [0.15, 0.2) is 48.5 Å². The topological polar surface area (TPSA) is 66.5 Å². The first-order chi connectivity index (χ1) is 12.4. The van der Waals surface area contributed by atoms with Crippen LogP contribution >= 0.6 is 0 Å². The van der Waals surface area contributed by atoms with Gasteiger partial charge >= 0.3 is 0 Å². The molecule has 1 aliphatic rings. The number of carbonyl (C=O) groups excluding carboxylic acids is 1. The van der Waals surface area contributed by atoms with Crippen LogP contribution in [-0.2, 0) is 14.8 Å². The van der Waals surface area contributed by atoms with Gasteiger partial charge in [-0.05, 0) is 54.8 Å².